The standard InChI is InChI=1S/C15H23N3O/c1-3-19-15-11-14(17-12(2)18-15)16-10-9-13-7-5-4-6-8-13/h7,11H,3-6,8-10H2,1-2H3,(H,16,17,18). The zero-order valence-corrected chi connectivity index (χ0v) is 11.9. The number of hydrogen-bond donors (Lipinski definition) is 1. The Morgan fingerprint density at radius 3 is 2.95 bits per heavy atom. The van der Waals surface area contributed by atoms with E-state index < -0.39 is 0 Å². The number of hydrogen-bond acceptors (Lipinski definition) is 4. The lowest BCUT2D eigenvalue weighted by molar-refractivity contribution is 0.325. The predicted molar refractivity (Wildman–Crippen MR) is 77.6 cm³/mol. The second-order valence-electron chi connectivity index (χ2n) is 4.86. The van der Waals surface area contributed by atoms with E-state index in [4.69, 9.17) is 4.74 Å². The first-order valence-corrected chi connectivity index (χ1v) is 7.18. The van der Waals surface area contributed by atoms with Crippen LogP contribution >= 0.6 is 0 Å². The molecule has 0 aromatic carbocycles. The molecule has 1 heterocycles. The van der Waals surface area contributed by atoms with Crippen molar-refractivity contribution in [2.45, 2.75) is 46.0 Å². The van der Waals surface area contributed by atoms with Crippen LogP contribution in [0.2, 0.25) is 0 Å². The molecular formula is C15H23N3O. The van der Waals surface area contributed by atoms with Gasteiger partial charge in [-0.2, -0.15) is 4.98 Å². The van der Waals surface area contributed by atoms with Crippen molar-refractivity contribution in [1.82, 2.24) is 9.97 Å². The minimum absolute atomic E-state index is 0.628. The molecule has 1 N–H and O–H groups in total. The Kier molecular flexibility index (Phi) is 5.19. The third-order valence-electron chi connectivity index (χ3n) is 3.24. The molecular weight excluding hydrogens is 238 g/mol. The SMILES string of the molecule is CCOc1cc(NCCC2=CCCCC2)nc(C)n1. The maximum Gasteiger partial charge on any atom is 0.218 e. The number of allylic oxidation sites excluding steroid dienone is 1. The Morgan fingerprint density at radius 1 is 1.32 bits per heavy atom. The van der Waals surface area contributed by atoms with E-state index in [1.54, 1.807) is 5.57 Å². The van der Waals surface area contributed by atoms with Gasteiger partial charge in [-0.05, 0) is 46.0 Å². The monoisotopic (exact) mass is 261 g/mol. The lowest BCUT2D eigenvalue weighted by Gasteiger charge is -2.13. The molecule has 0 aliphatic heterocycles. The summed E-state index contributed by atoms with van der Waals surface area (Å²) in [7, 11) is 0. The molecule has 4 nitrogen and oxygen atoms in total. The van der Waals surface area contributed by atoms with Gasteiger partial charge >= 0.3 is 0 Å². The molecule has 0 bridgehead atoms. The molecule has 1 aromatic heterocycles. The van der Waals surface area contributed by atoms with E-state index in [9.17, 15) is 0 Å². The van der Waals surface area contributed by atoms with Gasteiger partial charge in [0.05, 0.1) is 6.61 Å². The number of rotatable bonds is 6. The van der Waals surface area contributed by atoms with Crippen LogP contribution < -0.4 is 10.1 Å². The molecule has 0 atom stereocenters. The Bertz CT molecular complexity index is 443. The molecule has 1 aliphatic carbocycles. The highest BCUT2D eigenvalue weighted by Gasteiger charge is 2.05. The topological polar surface area (TPSA) is 47.0 Å². The van der Waals surface area contributed by atoms with Crippen molar-refractivity contribution < 1.29 is 4.74 Å². The molecule has 104 valence electrons. The Labute approximate surface area is 115 Å². The van der Waals surface area contributed by atoms with E-state index >= 15 is 0 Å². The molecule has 0 saturated carbocycles. The van der Waals surface area contributed by atoms with Crippen LogP contribution in [0.4, 0.5) is 5.82 Å². The van der Waals surface area contributed by atoms with Crippen LogP contribution in [0.1, 0.15) is 44.9 Å². The highest BCUT2D eigenvalue weighted by atomic mass is 16.5. The van der Waals surface area contributed by atoms with Gasteiger partial charge < -0.3 is 10.1 Å². The average Bonchev–Trinajstić information content (AvgIpc) is 2.40. The summed E-state index contributed by atoms with van der Waals surface area (Å²) in [4.78, 5) is 8.61. The van der Waals surface area contributed by atoms with E-state index in [-0.39, 0.29) is 0 Å². The normalized spacial score (nSPS) is 14.9. The van der Waals surface area contributed by atoms with Gasteiger partial charge in [-0.3, -0.25) is 0 Å². The minimum atomic E-state index is 0.628. The van der Waals surface area contributed by atoms with Crippen LogP contribution in [0.15, 0.2) is 17.7 Å². The number of aromatic nitrogens is 2. The molecule has 0 spiro atoms. The molecule has 0 unspecified atom stereocenters. The number of ether oxygens (including phenoxy) is 1. The number of nitrogens with zero attached hydrogens (tertiary/aromatic N) is 2. The summed E-state index contributed by atoms with van der Waals surface area (Å²) < 4.78 is 5.42. The van der Waals surface area contributed by atoms with Gasteiger partial charge in [0, 0.05) is 12.6 Å². The fourth-order valence-electron chi connectivity index (χ4n) is 2.34. The number of aryl methyl sites for hydroxylation is 1. The van der Waals surface area contributed by atoms with Gasteiger partial charge in [0.2, 0.25) is 5.88 Å². The fourth-order valence-corrected chi connectivity index (χ4v) is 2.34. The Hall–Kier alpha value is -1.58. The van der Waals surface area contributed by atoms with Crippen LogP contribution in [0.25, 0.3) is 0 Å². The summed E-state index contributed by atoms with van der Waals surface area (Å²) in [6, 6.07) is 1.87. The van der Waals surface area contributed by atoms with Crippen molar-refractivity contribution in [1.29, 1.82) is 0 Å². The summed E-state index contributed by atoms with van der Waals surface area (Å²) >= 11 is 0. The third-order valence-corrected chi connectivity index (χ3v) is 3.24. The van der Waals surface area contributed by atoms with E-state index in [2.05, 4.69) is 21.4 Å². The first kappa shape index (κ1) is 13.8. The highest BCUT2D eigenvalue weighted by molar-refractivity contribution is 5.38. The van der Waals surface area contributed by atoms with Gasteiger partial charge in [-0.15, -0.1) is 0 Å². The van der Waals surface area contributed by atoms with Crippen LogP contribution in [-0.2, 0) is 0 Å². The van der Waals surface area contributed by atoms with E-state index in [0.29, 0.717) is 12.5 Å². The lowest BCUT2D eigenvalue weighted by atomic mass is 9.97. The van der Waals surface area contributed by atoms with Crippen LogP contribution in [0, 0.1) is 6.92 Å². The van der Waals surface area contributed by atoms with Gasteiger partial charge in [0.15, 0.2) is 0 Å². The smallest absolute Gasteiger partial charge is 0.218 e. The second-order valence-corrected chi connectivity index (χ2v) is 4.86. The van der Waals surface area contributed by atoms with Crippen LogP contribution in [0.3, 0.4) is 0 Å². The molecule has 19 heavy (non-hydrogen) atoms. The maximum atomic E-state index is 5.42. The van der Waals surface area contributed by atoms with Gasteiger partial charge in [0.25, 0.3) is 0 Å². The largest absolute Gasteiger partial charge is 0.478 e. The van der Waals surface area contributed by atoms with Gasteiger partial charge in [-0.1, -0.05) is 11.6 Å². The maximum absolute atomic E-state index is 5.42. The van der Waals surface area contributed by atoms with Crippen molar-refractivity contribution in [2.75, 3.05) is 18.5 Å². The molecule has 2 rings (SSSR count). The number of anilines is 1. The van der Waals surface area contributed by atoms with Crippen LogP contribution in [-0.4, -0.2) is 23.1 Å². The van der Waals surface area contributed by atoms with Gasteiger partial charge in [-0.25, -0.2) is 4.98 Å². The summed E-state index contributed by atoms with van der Waals surface area (Å²) in [6.45, 7) is 5.40. The first-order valence-electron chi connectivity index (χ1n) is 7.18. The average molecular weight is 261 g/mol. The third kappa shape index (κ3) is 4.54. The molecule has 0 fully saturated rings. The van der Waals surface area contributed by atoms with Crippen molar-refractivity contribution >= 4 is 5.82 Å². The quantitative estimate of drug-likeness (QED) is 0.796. The summed E-state index contributed by atoms with van der Waals surface area (Å²) in [5.74, 6) is 2.24. The van der Waals surface area contributed by atoms with Gasteiger partial charge in [0.1, 0.15) is 11.6 Å². The molecule has 1 aliphatic rings. The Balaban J connectivity index is 1.86. The zero-order chi connectivity index (χ0) is 13.5. The second kappa shape index (κ2) is 7.12. The van der Waals surface area contributed by atoms with Crippen LogP contribution in [0.5, 0.6) is 5.88 Å². The molecule has 0 radical (unpaired) electrons. The van der Waals surface area contributed by atoms with E-state index in [1.807, 2.05) is 19.9 Å². The molecule has 1 aromatic rings. The molecule has 0 amide bonds. The van der Waals surface area contributed by atoms with E-state index in [0.717, 1.165) is 24.6 Å². The molecule has 4 heteroatoms. The zero-order valence-electron chi connectivity index (χ0n) is 11.9. The predicted octanol–water partition coefficient (Wildman–Crippen LogP) is 3.49. The first-order chi connectivity index (χ1) is 9.28. The summed E-state index contributed by atoms with van der Waals surface area (Å²) in [5.41, 5.74) is 1.58. The molecule has 0 saturated heterocycles. The lowest BCUT2D eigenvalue weighted by Crippen LogP contribution is -2.07. The summed E-state index contributed by atoms with van der Waals surface area (Å²) in [5, 5.41) is 3.36. The van der Waals surface area contributed by atoms with Crippen molar-refractivity contribution in [3.05, 3.63) is 23.5 Å². The van der Waals surface area contributed by atoms with Crippen molar-refractivity contribution in [2.24, 2.45) is 0 Å². The minimum Gasteiger partial charge on any atom is -0.478 e. The number of nitrogens with one attached hydrogen (secondary N) is 1. The highest BCUT2D eigenvalue weighted by Crippen LogP contribution is 2.20. The van der Waals surface area contributed by atoms with E-state index in [1.165, 1.54) is 25.7 Å². The fraction of sp³-hybridized carbons (Fsp3) is 0.600. The van der Waals surface area contributed by atoms with Crippen molar-refractivity contribution in [3.63, 3.8) is 0 Å². The van der Waals surface area contributed by atoms with Crippen molar-refractivity contribution in [3.8, 4) is 5.88 Å². The Morgan fingerprint density at radius 2 is 2.21 bits per heavy atom. The summed E-state index contributed by atoms with van der Waals surface area (Å²) in [6.07, 6.45) is 8.69.